The normalized spacial score (nSPS) is 12.0. The summed E-state index contributed by atoms with van der Waals surface area (Å²) in [5, 5.41) is 3.91. The quantitative estimate of drug-likeness (QED) is 0.842. The Morgan fingerprint density at radius 1 is 1.30 bits per heavy atom. The number of anilines is 1. The van der Waals surface area contributed by atoms with Crippen molar-refractivity contribution < 1.29 is 4.74 Å². The lowest BCUT2D eigenvalue weighted by molar-refractivity contribution is 0.414. The van der Waals surface area contributed by atoms with Crippen LogP contribution in [-0.2, 0) is 6.42 Å². The highest BCUT2D eigenvalue weighted by Gasteiger charge is 2.07. The fourth-order valence-electron chi connectivity index (χ4n) is 2.09. The molecule has 1 unspecified atom stereocenters. The molecule has 2 rings (SSSR count). The molecule has 0 fully saturated rings. The van der Waals surface area contributed by atoms with Gasteiger partial charge in [-0.1, -0.05) is 23.7 Å². The molecule has 0 radical (unpaired) electrons. The first kappa shape index (κ1) is 14.7. The lowest BCUT2D eigenvalue weighted by atomic mass is 10.1. The number of pyridine rings is 1. The van der Waals surface area contributed by atoms with Crippen molar-refractivity contribution in [1.29, 1.82) is 0 Å². The van der Waals surface area contributed by atoms with Crippen molar-refractivity contribution in [3.63, 3.8) is 0 Å². The van der Waals surface area contributed by atoms with Crippen molar-refractivity contribution in [1.82, 2.24) is 4.98 Å². The summed E-state index contributed by atoms with van der Waals surface area (Å²) in [5.74, 6) is 0.875. The predicted molar refractivity (Wildman–Crippen MR) is 83.8 cm³/mol. The summed E-state index contributed by atoms with van der Waals surface area (Å²) in [6.45, 7) is 4.13. The molecule has 1 N–H and O–H groups in total. The van der Waals surface area contributed by atoms with Gasteiger partial charge in [0.25, 0.3) is 0 Å². The van der Waals surface area contributed by atoms with Gasteiger partial charge in [0.05, 0.1) is 12.8 Å². The topological polar surface area (TPSA) is 34.1 Å². The standard InChI is InChI=1S/C16H19ClN2O/c1-11-8-15(16(17)18-10-11)19-12(2)9-13-4-6-14(20-3)7-5-13/h4-8,10,12,19H,9H2,1-3H3. The van der Waals surface area contributed by atoms with Crippen molar-refractivity contribution in [3.8, 4) is 5.75 Å². The third kappa shape index (κ3) is 3.87. The molecule has 20 heavy (non-hydrogen) atoms. The van der Waals surface area contributed by atoms with E-state index in [1.807, 2.05) is 25.1 Å². The molecule has 0 aliphatic carbocycles. The van der Waals surface area contributed by atoms with Crippen molar-refractivity contribution >= 4 is 17.3 Å². The smallest absolute Gasteiger partial charge is 0.152 e. The van der Waals surface area contributed by atoms with Gasteiger partial charge in [0, 0.05) is 12.2 Å². The van der Waals surface area contributed by atoms with Gasteiger partial charge in [-0.05, 0) is 49.6 Å². The van der Waals surface area contributed by atoms with E-state index < -0.39 is 0 Å². The van der Waals surface area contributed by atoms with Crippen LogP contribution in [0.2, 0.25) is 5.15 Å². The molecule has 2 aromatic rings. The molecule has 1 aromatic heterocycles. The maximum atomic E-state index is 6.09. The van der Waals surface area contributed by atoms with E-state index in [0.29, 0.717) is 5.15 Å². The zero-order valence-electron chi connectivity index (χ0n) is 12.0. The number of aryl methyl sites for hydroxylation is 1. The van der Waals surface area contributed by atoms with Crippen LogP contribution in [0.25, 0.3) is 0 Å². The molecule has 4 heteroatoms. The molecule has 1 atom stereocenters. The molecule has 0 saturated heterocycles. The van der Waals surface area contributed by atoms with Crippen LogP contribution in [-0.4, -0.2) is 18.1 Å². The number of hydrogen-bond donors (Lipinski definition) is 1. The van der Waals surface area contributed by atoms with E-state index in [1.54, 1.807) is 13.3 Å². The number of benzene rings is 1. The average Bonchev–Trinajstić information content (AvgIpc) is 2.43. The fourth-order valence-corrected chi connectivity index (χ4v) is 2.24. The van der Waals surface area contributed by atoms with E-state index in [1.165, 1.54) is 5.56 Å². The van der Waals surface area contributed by atoms with Crippen molar-refractivity contribution in [2.75, 3.05) is 12.4 Å². The third-order valence-electron chi connectivity index (χ3n) is 3.08. The molecule has 106 valence electrons. The Balaban J connectivity index is 2.00. The Morgan fingerprint density at radius 3 is 2.65 bits per heavy atom. The van der Waals surface area contributed by atoms with E-state index in [0.717, 1.165) is 23.4 Å². The van der Waals surface area contributed by atoms with E-state index in [-0.39, 0.29) is 6.04 Å². The molecule has 0 amide bonds. The zero-order valence-corrected chi connectivity index (χ0v) is 12.7. The van der Waals surface area contributed by atoms with Gasteiger partial charge in [0.15, 0.2) is 5.15 Å². The number of aromatic nitrogens is 1. The van der Waals surface area contributed by atoms with Crippen LogP contribution >= 0.6 is 11.6 Å². The van der Waals surface area contributed by atoms with E-state index in [4.69, 9.17) is 16.3 Å². The van der Waals surface area contributed by atoms with Gasteiger partial charge >= 0.3 is 0 Å². The second-order valence-electron chi connectivity index (χ2n) is 4.95. The van der Waals surface area contributed by atoms with Crippen molar-refractivity contribution in [2.24, 2.45) is 0 Å². The molecule has 0 bridgehead atoms. The Hall–Kier alpha value is -1.74. The summed E-state index contributed by atoms with van der Waals surface area (Å²) in [7, 11) is 1.67. The summed E-state index contributed by atoms with van der Waals surface area (Å²) in [4.78, 5) is 4.15. The summed E-state index contributed by atoms with van der Waals surface area (Å²) >= 11 is 6.09. The SMILES string of the molecule is COc1ccc(CC(C)Nc2cc(C)cnc2Cl)cc1. The number of ether oxygens (including phenoxy) is 1. The average molecular weight is 291 g/mol. The van der Waals surface area contributed by atoms with Crippen LogP contribution in [0.5, 0.6) is 5.75 Å². The van der Waals surface area contributed by atoms with Gasteiger partial charge in [-0.15, -0.1) is 0 Å². The predicted octanol–water partition coefficient (Wildman–Crippen LogP) is 4.10. The minimum atomic E-state index is 0.268. The monoisotopic (exact) mass is 290 g/mol. The first-order valence-corrected chi connectivity index (χ1v) is 6.98. The number of halogens is 1. The largest absolute Gasteiger partial charge is 0.497 e. The Morgan fingerprint density at radius 2 is 2.00 bits per heavy atom. The molecule has 0 saturated carbocycles. The Bertz CT molecular complexity index is 569. The zero-order chi connectivity index (χ0) is 14.5. The molecule has 1 aromatic carbocycles. The summed E-state index contributed by atoms with van der Waals surface area (Å²) in [6.07, 6.45) is 2.68. The summed E-state index contributed by atoms with van der Waals surface area (Å²) in [6, 6.07) is 10.4. The number of methoxy groups -OCH3 is 1. The maximum Gasteiger partial charge on any atom is 0.152 e. The second-order valence-corrected chi connectivity index (χ2v) is 5.31. The fraction of sp³-hybridized carbons (Fsp3) is 0.312. The number of nitrogens with zero attached hydrogens (tertiary/aromatic N) is 1. The van der Waals surface area contributed by atoms with E-state index in [9.17, 15) is 0 Å². The van der Waals surface area contributed by atoms with Crippen LogP contribution in [0.1, 0.15) is 18.1 Å². The van der Waals surface area contributed by atoms with Crippen LogP contribution in [0, 0.1) is 6.92 Å². The Kier molecular flexibility index (Phi) is 4.85. The highest BCUT2D eigenvalue weighted by Crippen LogP contribution is 2.21. The van der Waals surface area contributed by atoms with E-state index >= 15 is 0 Å². The van der Waals surface area contributed by atoms with Gasteiger partial charge in [0.2, 0.25) is 0 Å². The molecule has 3 nitrogen and oxygen atoms in total. The summed E-state index contributed by atoms with van der Waals surface area (Å²) < 4.78 is 5.16. The number of hydrogen-bond acceptors (Lipinski definition) is 3. The van der Waals surface area contributed by atoms with Crippen molar-refractivity contribution in [3.05, 3.63) is 52.8 Å². The highest BCUT2D eigenvalue weighted by molar-refractivity contribution is 6.31. The molecule has 0 aliphatic heterocycles. The van der Waals surface area contributed by atoms with Crippen LogP contribution in [0.15, 0.2) is 36.5 Å². The highest BCUT2D eigenvalue weighted by atomic mass is 35.5. The molecule has 0 aliphatic rings. The minimum Gasteiger partial charge on any atom is -0.497 e. The molecule has 1 heterocycles. The van der Waals surface area contributed by atoms with Gasteiger partial charge in [0.1, 0.15) is 5.75 Å². The maximum absolute atomic E-state index is 6.09. The first-order valence-electron chi connectivity index (χ1n) is 6.60. The molecule has 0 spiro atoms. The third-order valence-corrected chi connectivity index (χ3v) is 3.38. The first-order chi connectivity index (χ1) is 9.58. The van der Waals surface area contributed by atoms with Crippen molar-refractivity contribution in [2.45, 2.75) is 26.3 Å². The number of nitrogens with one attached hydrogen (secondary N) is 1. The lowest BCUT2D eigenvalue weighted by Crippen LogP contribution is -2.18. The van der Waals surface area contributed by atoms with Crippen LogP contribution in [0.4, 0.5) is 5.69 Å². The second kappa shape index (κ2) is 6.62. The van der Waals surface area contributed by atoms with Gasteiger partial charge < -0.3 is 10.1 Å². The molecular weight excluding hydrogens is 272 g/mol. The Labute approximate surface area is 124 Å². The molecular formula is C16H19ClN2O. The van der Waals surface area contributed by atoms with Gasteiger partial charge in [-0.25, -0.2) is 4.98 Å². The minimum absolute atomic E-state index is 0.268. The summed E-state index contributed by atoms with van der Waals surface area (Å²) in [5.41, 5.74) is 3.23. The van der Waals surface area contributed by atoms with Gasteiger partial charge in [-0.2, -0.15) is 0 Å². The van der Waals surface area contributed by atoms with E-state index in [2.05, 4.69) is 29.4 Å². The van der Waals surface area contributed by atoms with Crippen LogP contribution in [0.3, 0.4) is 0 Å². The van der Waals surface area contributed by atoms with Crippen LogP contribution < -0.4 is 10.1 Å². The number of rotatable bonds is 5. The van der Waals surface area contributed by atoms with Gasteiger partial charge in [-0.3, -0.25) is 0 Å². The lowest BCUT2D eigenvalue weighted by Gasteiger charge is -2.16.